The van der Waals surface area contributed by atoms with Gasteiger partial charge in [0.25, 0.3) is 0 Å². The number of furan rings is 1. The minimum atomic E-state index is -0.598. The lowest BCUT2D eigenvalue weighted by atomic mass is 9.83. The molecule has 0 aliphatic carbocycles. The van der Waals surface area contributed by atoms with Crippen LogP contribution >= 0.6 is 0 Å². The molecule has 0 saturated heterocycles. The van der Waals surface area contributed by atoms with Gasteiger partial charge in [-0.25, -0.2) is 0 Å². The summed E-state index contributed by atoms with van der Waals surface area (Å²) in [5.41, 5.74) is 1.61. The van der Waals surface area contributed by atoms with E-state index in [0.29, 0.717) is 27.5 Å². The van der Waals surface area contributed by atoms with E-state index in [9.17, 15) is 5.48 Å². The first-order valence-corrected chi connectivity index (χ1v) is 13.7. The molecule has 9 aromatic rings. The van der Waals surface area contributed by atoms with E-state index in [2.05, 4.69) is 0 Å². The zero-order chi connectivity index (χ0) is 39.6. The van der Waals surface area contributed by atoms with Crippen LogP contribution in [-0.2, 0) is 0 Å². The molecule has 8 aromatic carbocycles. The van der Waals surface area contributed by atoms with Gasteiger partial charge >= 0.3 is 0 Å². The molecule has 0 saturated carbocycles. The van der Waals surface area contributed by atoms with Crippen molar-refractivity contribution in [1.29, 1.82) is 0 Å². The van der Waals surface area contributed by atoms with E-state index in [1.807, 2.05) is 36.4 Å². The van der Waals surface area contributed by atoms with Crippen molar-refractivity contribution < 1.29 is 22.2 Å². The Balaban J connectivity index is 1.57. The molecule has 9 rings (SSSR count). The van der Waals surface area contributed by atoms with Crippen molar-refractivity contribution in [3.8, 4) is 33.4 Å². The monoisotopic (exact) mass is 559 g/mol. The summed E-state index contributed by atoms with van der Waals surface area (Å²) in [6, 6.07) is 16.1. The van der Waals surface area contributed by atoms with Gasteiger partial charge in [0, 0.05) is 10.8 Å². The van der Waals surface area contributed by atoms with Crippen molar-refractivity contribution >= 4 is 54.3 Å². The third-order valence-electron chi connectivity index (χ3n) is 7.97. The predicted molar refractivity (Wildman–Crippen MR) is 183 cm³/mol. The van der Waals surface area contributed by atoms with E-state index in [4.69, 9.17) is 16.8 Å². The summed E-state index contributed by atoms with van der Waals surface area (Å²) in [5, 5.41) is 2.91. The Morgan fingerprint density at radius 1 is 0.419 bits per heavy atom. The molecule has 1 heterocycles. The quantitative estimate of drug-likeness (QED) is 0.196. The van der Waals surface area contributed by atoms with Gasteiger partial charge in [0.05, 0.1) is 17.8 Å². The Hall–Kier alpha value is -5.66. The fourth-order valence-electron chi connectivity index (χ4n) is 6.19. The topological polar surface area (TPSA) is 13.1 Å². The Morgan fingerprint density at radius 2 is 0.953 bits per heavy atom. The molecule has 200 valence electrons. The highest BCUT2D eigenvalue weighted by molar-refractivity contribution is 6.26. The SMILES string of the molecule is [2H]c1c([2H])c([2H])c(-c2ccccc2-c2c3c([2H])c([2H])c([2H])c([2H])c3c(-c3cccc4oc5cc6ccccc6cc5c34)c3c([2H])c([2H])c([2H])c([2H])c23)c([2H])c1[2H]. The summed E-state index contributed by atoms with van der Waals surface area (Å²) in [6.07, 6.45) is 0. The highest BCUT2D eigenvalue weighted by Gasteiger charge is 2.21. The maximum Gasteiger partial charge on any atom is 0.136 e. The molecule has 0 spiro atoms. The molecular weight excluding hydrogens is 520 g/mol. The van der Waals surface area contributed by atoms with Crippen molar-refractivity contribution in [3.05, 3.63) is 157 Å². The van der Waals surface area contributed by atoms with Gasteiger partial charge in [-0.2, -0.15) is 0 Å². The Labute approximate surface area is 267 Å². The minimum Gasteiger partial charge on any atom is -0.456 e. The van der Waals surface area contributed by atoms with Gasteiger partial charge in [0.2, 0.25) is 0 Å². The van der Waals surface area contributed by atoms with Gasteiger partial charge in [-0.15, -0.1) is 0 Å². The first-order chi connectivity index (χ1) is 26.7. The van der Waals surface area contributed by atoms with E-state index in [-0.39, 0.29) is 49.4 Å². The van der Waals surface area contributed by atoms with Crippen LogP contribution in [-0.4, -0.2) is 0 Å². The third-order valence-corrected chi connectivity index (χ3v) is 7.97. The molecule has 1 heteroatoms. The first kappa shape index (κ1) is 14.5. The summed E-state index contributed by atoms with van der Waals surface area (Å²) < 4.78 is 122. The average Bonchev–Trinajstić information content (AvgIpc) is 3.57. The van der Waals surface area contributed by atoms with Crippen LogP contribution in [0.25, 0.3) is 87.6 Å². The molecule has 0 radical (unpaired) electrons. The second kappa shape index (κ2) is 9.44. The summed E-state index contributed by atoms with van der Waals surface area (Å²) in [6.45, 7) is 0. The van der Waals surface area contributed by atoms with E-state index < -0.39 is 78.6 Å². The Kier molecular flexibility index (Phi) is 3.18. The van der Waals surface area contributed by atoms with Crippen LogP contribution < -0.4 is 0 Å². The average molecular weight is 560 g/mol. The van der Waals surface area contributed by atoms with Crippen LogP contribution in [0, 0.1) is 0 Å². The van der Waals surface area contributed by atoms with E-state index in [1.54, 1.807) is 36.4 Å². The zero-order valence-corrected chi connectivity index (χ0v) is 22.4. The molecule has 0 atom stereocenters. The number of hydrogen-bond donors (Lipinski definition) is 0. The van der Waals surface area contributed by atoms with Crippen molar-refractivity contribution in [1.82, 2.24) is 0 Å². The lowest BCUT2D eigenvalue weighted by molar-refractivity contribution is 0.669. The maximum atomic E-state index is 9.44. The Bertz CT molecular complexity index is 3130. The number of benzene rings is 8. The predicted octanol–water partition coefficient (Wildman–Crippen LogP) is 12.0. The second-order valence-corrected chi connectivity index (χ2v) is 10.3. The molecule has 0 aliphatic heterocycles. The molecule has 0 bridgehead atoms. The van der Waals surface area contributed by atoms with Gasteiger partial charge in [-0.1, -0.05) is 139 Å². The zero-order valence-electron chi connectivity index (χ0n) is 35.4. The van der Waals surface area contributed by atoms with Crippen molar-refractivity contribution in [3.63, 3.8) is 0 Å². The van der Waals surface area contributed by atoms with Crippen LogP contribution in [0.4, 0.5) is 0 Å². The summed E-state index contributed by atoms with van der Waals surface area (Å²) in [7, 11) is 0. The maximum absolute atomic E-state index is 9.44. The van der Waals surface area contributed by atoms with Crippen LogP contribution in [0.1, 0.15) is 17.8 Å². The van der Waals surface area contributed by atoms with Crippen LogP contribution in [0.3, 0.4) is 0 Å². The minimum absolute atomic E-state index is 0.00428. The second-order valence-electron chi connectivity index (χ2n) is 10.3. The summed E-state index contributed by atoms with van der Waals surface area (Å²) in [4.78, 5) is 0. The smallest absolute Gasteiger partial charge is 0.136 e. The standard InChI is InChI=1S/C42H26O/c1-2-13-27(14-3-1)30-17-6-7-18-31(30)40-32-19-8-10-21-34(32)41(35-22-11-9-20-33(35)40)36-23-12-24-38-42(36)37-25-28-15-4-5-16-29(28)26-39(37)43-38/h1-26H/i1D,2D,3D,8D,9D,10D,11D,13D,14D,19D,20D,21D,22D. The van der Waals surface area contributed by atoms with Gasteiger partial charge in [0.15, 0.2) is 0 Å². The van der Waals surface area contributed by atoms with Gasteiger partial charge < -0.3 is 4.42 Å². The van der Waals surface area contributed by atoms with E-state index >= 15 is 0 Å². The summed E-state index contributed by atoms with van der Waals surface area (Å²) in [5.74, 6) is 0. The van der Waals surface area contributed by atoms with Crippen molar-refractivity contribution in [2.45, 2.75) is 0 Å². The number of fused-ring (bicyclic) bond motifs is 6. The molecule has 0 unspecified atom stereocenters. The third kappa shape index (κ3) is 3.65. The molecule has 43 heavy (non-hydrogen) atoms. The van der Waals surface area contributed by atoms with Crippen LogP contribution in [0.5, 0.6) is 0 Å². The highest BCUT2D eigenvalue weighted by Crippen LogP contribution is 2.48. The fourth-order valence-corrected chi connectivity index (χ4v) is 6.19. The van der Waals surface area contributed by atoms with Gasteiger partial charge in [0.1, 0.15) is 11.2 Å². The van der Waals surface area contributed by atoms with Crippen molar-refractivity contribution in [2.75, 3.05) is 0 Å². The molecule has 1 nitrogen and oxygen atoms in total. The van der Waals surface area contributed by atoms with Gasteiger partial charge in [-0.3, -0.25) is 0 Å². The fraction of sp³-hybridized carbons (Fsp3) is 0. The summed E-state index contributed by atoms with van der Waals surface area (Å²) >= 11 is 0. The highest BCUT2D eigenvalue weighted by atomic mass is 16.3. The van der Waals surface area contributed by atoms with Crippen molar-refractivity contribution in [2.24, 2.45) is 0 Å². The molecule has 1 aromatic heterocycles. The van der Waals surface area contributed by atoms with E-state index in [0.717, 1.165) is 10.8 Å². The number of rotatable bonds is 3. The number of hydrogen-bond acceptors (Lipinski definition) is 1. The normalized spacial score (nSPS) is 16.0. The molecule has 0 fully saturated rings. The van der Waals surface area contributed by atoms with Crippen LogP contribution in [0.15, 0.2) is 162 Å². The lowest BCUT2D eigenvalue weighted by Gasteiger charge is -2.20. The van der Waals surface area contributed by atoms with E-state index in [1.165, 1.54) is 6.07 Å². The molecule has 0 amide bonds. The van der Waals surface area contributed by atoms with Crippen LogP contribution in [0.2, 0.25) is 0 Å². The molecular formula is C42H26O. The first-order valence-electron chi connectivity index (χ1n) is 20.2. The largest absolute Gasteiger partial charge is 0.456 e. The molecule has 0 aliphatic rings. The Morgan fingerprint density at radius 3 is 1.63 bits per heavy atom. The molecule has 0 N–H and O–H groups in total. The lowest BCUT2D eigenvalue weighted by Crippen LogP contribution is -1.93. The van der Waals surface area contributed by atoms with Gasteiger partial charge in [-0.05, 0) is 83.9 Å².